The van der Waals surface area contributed by atoms with Gasteiger partial charge in [-0.1, -0.05) is 5.16 Å². The van der Waals surface area contributed by atoms with Crippen molar-refractivity contribution < 1.29 is 12.9 Å². The quantitative estimate of drug-likeness (QED) is 0.846. The first-order chi connectivity index (χ1) is 7.96. The van der Waals surface area contributed by atoms with Crippen LogP contribution in [0.1, 0.15) is 37.5 Å². The Kier molecular flexibility index (Phi) is 3.48. The Bertz CT molecular complexity index is 467. The molecule has 0 aliphatic carbocycles. The largest absolute Gasteiger partial charge is 0.339 e. The van der Waals surface area contributed by atoms with Crippen molar-refractivity contribution in [3.05, 3.63) is 11.7 Å². The Hall–Kier alpha value is -0.950. The van der Waals surface area contributed by atoms with Crippen molar-refractivity contribution in [2.75, 3.05) is 11.5 Å². The number of hydrogen-bond acceptors (Lipinski definition) is 6. The van der Waals surface area contributed by atoms with Gasteiger partial charge in [0.2, 0.25) is 5.89 Å². The van der Waals surface area contributed by atoms with Crippen molar-refractivity contribution in [2.45, 2.75) is 32.2 Å². The van der Waals surface area contributed by atoms with Gasteiger partial charge in [-0.3, -0.25) is 0 Å². The SMILES string of the molecule is CC(N)c1noc(CC2CCS(=O)(=O)CC2)n1. The Balaban J connectivity index is 1.93. The van der Waals surface area contributed by atoms with E-state index in [1.165, 1.54) is 0 Å². The first-order valence-electron chi connectivity index (χ1n) is 5.75. The number of hydrogen-bond donors (Lipinski definition) is 1. The zero-order chi connectivity index (χ0) is 12.5. The second-order valence-corrected chi connectivity index (χ2v) is 6.94. The average molecular weight is 259 g/mol. The van der Waals surface area contributed by atoms with E-state index < -0.39 is 9.84 Å². The van der Waals surface area contributed by atoms with E-state index in [1.54, 1.807) is 6.92 Å². The molecular weight excluding hydrogens is 242 g/mol. The van der Waals surface area contributed by atoms with E-state index in [0.717, 1.165) is 0 Å². The Morgan fingerprint density at radius 3 is 2.65 bits per heavy atom. The molecule has 1 aromatic rings. The monoisotopic (exact) mass is 259 g/mol. The van der Waals surface area contributed by atoms with Gasteiger partial charge in [-0.2, -0.15) is 4.98 Å². The van der Waals surface area contributed by atoms with E-state index in [4.69, 9.17) is 10.3 Å². The molecule has 0 saturated carbocycles. The maximum atomic E-state index is 11.3. The number of nitrogens with zero attached hydrogens (tertiary/aromatic N) is 2. The molecule has 96 valence electrons. The normalized spacial score (nSPS) is 22.5. The van der Waals surface area contributed by atoms with Gasteiger partial charge in [-0.05, 0) is 25.7 Å². The summed E-state index contributed by atoms with van der Waals surface area (Å²) in [4.78, 5) is 4.19. The lowest BCUT2D eigenvalue weighted by Crippen LogP contribution is -2.24. The molecule has 2 N–H and O–H groups in total. The summed E-state index contributed by atoms with van der Waals surface area (Å²) in [6.45, 7) is 1.79. The summed E-state index contributed by atoms with van der Waals surface area (Å²) in [6.07, 6.45) is 2.01. The second kappa shape index (κ2) is 4.73. The van der Waals surface area contributed by atoms with Crippen LogP contribution in [0.3, 0.4) is 0 Å². The van der Waals surface area contributed by atoms with Crippen LogP contribution in [-0.2, 0) is 16.3 Å². The Labute approximate surface area is 100 Å². The van der Waals surface area contributed by atoms with Gasteiger partial charge in [0.05, 0.1) is 17.5 Å². The van der Waals surface area contributed by atoms with Gasteiger partial charge in [0, 0.05) is 6.42 Å². The third-order valence-corrected chi connectivity index (χ3v) is 4.74. The van der Waals surface area contributed by atoms with E-state index in [9.17, 15) is 8.42 Å². The van der Waals surface area contributed by atoms with Crippen LogP contribution in [0, 0.1) is 5.92 Å². The summed E-state index contributed by atoms with van der Waals surface area (Å²) in [6, 6.07) is -0.237. The molecule has 1 saturated heterocycles. The van der Waals surface area contributed by atoms with Gasteiger partial charge in [0.15, 0.2) is 5.82 Å². The number of sulfone groups is 1. The van der Waals surface area contributed by atoms with Crippen LogP contribution in [0.5, 0.6) is 0 Å². The molecule has 0 spiro atoms. The van der Waals surface area contributed by atoms with Crippen LogP contribution in [0.2, 0.25) is 0 Å². The molecule has 0 amide bonds. The van der Waals surface area contributed by atoms with Crippen LogP contribution in [-0.4, -0.2) is 30.1 Å². The van der Waals surface area contributed by atoms with Crippen molar-refractivity contribution in [3.63, 3.8) is 0 Å². The van der Waals surface area contributed by atoms with Gasteiger partial charge in [-0.15, -0.1) is 0 Å². The highest BCUT2D eigenvalue weighted by atomic mass is 32.2. The van der Waals surface area contributed by atoms with E-state index in [0.29, 0.717) is 36.9 Å². The third kappa shape index (κ3) is 3.26. The molecule has 7 heteroatoms. The number of aromatic nitrogens is 2. The highest BCUT2D eigenvalue weighted by Crippen LogP contribution is 2.22. The molecule has 17 heavy (non-hydrogen) atoms. The van der Waals surface area contributed by atoms with Crippen molar-refractivity contribution in [1.29, 1.82) is 0 Å². The molecular formula is C10H17N3O3S. The maximum absolute atomic E-state index is 11.3. The molecule has 1 aliphatic rings. The van der Waals surface area contributed by atoms with Crippen LogP contribution < -0.4 is 5.73 Å². The van der Waals surface area contributed by atoms with E-state index in [2.05, 4.69) is 10.1 Å². The highest BCUT2D eigenvalue weighted by molar-refractivity contribution is 7.91. The molecule has 0 bridgehead atoms. The standard InChI is InChI=1S/C10H17N3O3S/c1-7(11)10-12-9(16-13-10)6-8-2-4-17(14,15)5-3-8/h7-8H,2-6,11H2,1H3. The van der Waals surface area contributed by atoms with Crippen LogP contribution in [0.4, 0.5) is 0 Å². The Morgan fingerprint density at radius 1 is 1.47 bits per heavy atom. The van der Waals surface area contributed by atoms with E-state index in [-0.39, 0.29) is 17.5 Å². The number of nitrogens with two attached hydrogens (primary N) is 1. The summed E-state index contributed by atoms with van der Waals surface area (Å²) < 4.78 is 27.6. The highest BCUT2D eigenvalue weighted by Gasteiger charge is 2.25. The molecule has 0 aromatic carbocycles. The summed E-state index contributed by atoms with van der Waals surface area (Å²) >= 11 is 0. The Morgan fingerprint density at radius 2 is 2.12 bits per heavy atom. The summed E-state index contributed by atoms with van der Waals surface area (Å²) in [5.74, 6) is 1.92. The molecule has 2 heterocycles. The van der Waals surface area contributed by atoms with Crippen molar-refractivity contribution in [3.8, 4) is 0 Å². The van der Waals surface area contributed by atoms with Gasteiger partial charge in [0.1, 0.15) is 9.84 Å². The van der Waals surface area contributed by atoms with E-state index in [1.807, 2.05) is 0 Å². The van der Waals surface area contributed by atoms with Gasteiger partial charge in [0.25, 0.3) is 0 Å². The summed E-state index contributed by atoms with van der Waals surface area (Å²) in [5, 5.41) is 3.78. The van der Waals surface area contributed by atoms with Crippen molar-refractivity contribution in [2.24, 2.45) is 11.7 Å². The fourth-order valence-electron chi connectivity index (χ4n) is 1.93. The average Bonchev–Trinajstić information content (AvgIpc) is 2.70. The molecule has 1 fully saturated rings. The second-order valence-electron chi connectivity index (χ2n) is 4.63. The molecule has 6 nitrogen and oxygen atoms in total. The molecule has 1 unspecified atom stereocenters. The summed E-state index contributed by atoms with van der Waals surface area (Å²) in [5.41, 5.74) is 5.63. The van der Waals surface area contributed by atoms with Crippen LogP contribution in [0.25, 0.3) is 0 Å². The molecule has 1 aliphatic heterocycles. The predicted molar refractivity (Wildman–Crippen MR) is 62.0 cm³/mol. The lowest BCUT2D eigenvalue weighted by Gasteiger charge is -2.19. The van der Waals surface area contributed by atoms with Gasteiger partial charge >= 0.3 is 0 Å². The van der Waals surface area contributed by atoms with Crippen molar-refractivity contribution in [1.82, 2.24) is 10.1 Å². The topological polar surface area (TPSA) is 99.1 Å². The lowest BCUT2D eigenvalue weighted by atomic mass is 9.99. The third-order valence-electron chi connectivity index (χ3n) is 3.03. The van der Waals surface area contributed by atoms with Gasteiger partial charge < -0.3 is 10.3 Å². The maximum Gasteiger partial charge on any atom is 0.226 e. The lowest BCUT2D eigenvalue weighted by molar-refractivity contribution is 0.338. The molecule has 1 atom stereocenters. The minimum absolute atomic E-state index is 0.237. The zero-order valence-corrected chi connectivity index (χ0v) is 10.6. The first-order valence-corrected chi connectivity index (χ1v) is 7.57. The predicted octanol–water partition coefficient (Wildman–Crippen LogP) is 0.457. The summed E-state index contributed by atoms with van der Waals surface area (Å²) in [7, 11) is -2.80. The fourth-order valence-corrected chi connectivity index (χ4v) is 3.51. The fraction of sp³-hybridized carbons (Fsp3) is 0.800. The van der Waals surface area contributed by atoms with Crippen LogP contribution >= 0.6 is 0 Å². The molecule has 1 aromatic heterocycles. The minimum Gasteiger partial charge on any atom is -0.339 e. The van der Waals surface area contributed by atoms with Crippen LogP contribution in [0.15, 0.2) is 4.52 Å². The smallest absolute Gasteiger partial charge is 0.226 e. The number of rotatable bonds is 3. The van der Waals surface area contributed by atoms with E-state index >= 15 is 0 Å². The minimum atomic E-state index is -2.80. The van der Waals surface area contributed by atoms with Gasteiger partial charge in [-0.25, -0.2) is 8.42 Å². The first kappa shape index (κ1) is 12.5. The molecule has 2 rings (SSSR count). The zero-order valence-electron chi connectivity index (χ0n) is 9.80. The molecule has 0 radical (unpaired) electrons. The van der Waals surface area contributed by atoms with Crippen molar-refractivity contribution >= 4 is 9.84 Å².